The molecule has 0 N–H and O–H groups in total. The molecular formula is C14H15BrN4O. The maximum absolute atomic E-state index is 5.15. The number of halogens is 1. The molecule has 0 aliphatic carbocycles. The second-order valence-corrected chi connectivity index (χ2v) is 5.51. The van der Waals surface area contributed by atoms with Gasteiger partial charge in [-0.1, -0.05) is 6.07 Å². The lowest BCUT2D eigenvalue weighted by Gasteiger charge is -1.99. The predicted molar refractivity (Wildman–Crippen MR) is 79.6 cm³/mol. The van der Waals surface area contributed by atoms with Gasteiger partial charge < -0.3 is 9.14 Å². The molecule has 3 rings (SSSR count). The molecule has 0 saturated carbocycles. The Morgan fingerprint density at radius 1 is 1.25 bits per heavy atom. The summed E-state index contributed by atoms with van der Waals surface area (Å²) in [4.78, 5) is 4.62. The molecule has 0 radical (unpaired) electrons. The number of nitrogens with zero attached hydrogens (tertiary/aromatic N) is 4. The second-order valence-electron chi connectivity index (χ2n) is 4.76. The number of pyridine rings is 1. The Hall–Kier alpha value is -1.66. The van der Waals surface area contributed by atoms with Crippen molar-refractivity contribution >= 4 is 21.6 Å². The molecule has 0 saturated heterocycles. The van der Waals surface area contributed by atoms with E-state index < -0.39 is 0 Å². The van der Waals surface area contributed by atoms with Gasteiger partial charge in [0.1, 0.15) is 10.3 Å². The van der Waals surface area contributed by atoms with E-state index in [1.165, 1.54) is 0 Å². The maximum Gasteiger partial charge on any atom is 0.137 e. The summed E-state index contributed by atoms with van der Waals surface area (Å²) in [6.45, 7) is 0.609. The van der Waals surface area contributed by atoms with Gasteiger partial charge in [0.05, 0.1) is 12.3 Å². The maximum atomic E-state index is 5.15. The van der Waals surface area contributed by atoms with Crippen LogP contribution in [-0.4, -0.2) is 26.3 Å². The van der Waals surface area contributed by atoms with Crippen molar-refractivity contribution in [3.8, 4) is 0 Å². The molecule has 0 aromatic carbocycles. The zero-order valence-corrected chi connectivity index (χ0v) is 13.0. The monoisotopic (exact) mass is 334 g/mol. The van der Waals surface area contributed by atoms with E-state index in [1.54, 1.807) is 11.8 Å². The van der Waals surface area contributed by atoms with Crippen LogP contribution in [0.4, 0.5) is 0 Å². The topological polar surface area (TPSA) is 44.3 Å². The summed E-state index contributed by atoms with van der Waals surface area (Å²) in [6.07, 6.45) is 6.86. The molecule has 5 nitrogen and oxygen atoms in total. The minimum absolute atomic E-state index is 0.609. The van der Waals surface area contributed by atoms with E-state index in [0.29, 0.717) is 6.61 Å². The first-order valence-electron chi connectivity index (χ1n) is 6.29. The molecule has 3 aromatic heterocycles. The van der Waals surface area contributed by atoms with Gasteiger partial charge in [0.15, 0.2) is 0 Å². The number of rotatable bonds is 4. The van der Waals surface area contributed by atoms with Crippen LogP contribution in [0, 0.1) is 0 Å². The SMILES string of the molecule is COCc1ccc2nc(Cc3cn(C)nc3Br)cn2c1. The van der Waals surface area contributed by atoms with Crippen molar-refractivity contribution in [3.63, 3.8) is 0 Å². The number of hydrogen-bond donors (Lipinski definition) is 0. The highest BCUT2D eigenvalue weighted by Crippen LogP contribution is 2.18. The third-order valence-electron chi connectivity index (χ3n) is 3.10. The first kappa shape index (κ1) is 13.3. The first-order valence-corrected chi connectivity index (χ1v) is 7.08. The fourth-order valence-corrected chi connectivity index (χ4v) is 2.74. The normalized spacial score (nSPS) is 11.3. The van der Waals surface area contributed by atoms with Gasteiger partial charge in [0.2, 0.25) is 0 Å². The molecule has 0 fully saturated rings. The van der Waals surface area contributed by atoms with Gasteiger partial charge in [-0.25, -0.2) is 4.98 Å². The van der Waals surface area contributed by atoms with Crippen LogP contribution in [0.5, 0.6) is 0 Å². The molecule has 0 spiro atoms. The number of ether oxygens (including phenoxy) is 1. The largest absolute Gasteiger partial charge is 0.380 e. The quantitative estimate of drug-likeness (QED) is 0.736. The van der Waals surface area contributed by atoms with Crippen LogP contribution in [0.1, 0.15) is 16.8 Å². The summed E-state index contributed by atoms with van der Waals surface area (Å²) >= 11 is 3.47. The van der Waals surface area contributed by atoms with E-state index in [9.17, 15) is 0 Å². The van der Waals surface area contributed by atoms with Crippen molar-refractivity contribution in [2.24, 2.45) is 7.05 Å². The lowest BCUT2D eigenvalue weighted by atomic mass is 10.2. The molecule has 3 heterocycles. The van der Waals surface area contributed by atoms with Crippen LogP contribution >= 0.6 is 15.9 Å². The number of methoxy groups -OCH3 is 1. The van der Waals surface area contributed by atoms with E-state index >= 15 is 0 Å². The van der Waals surface area contributed by atoms with Crippen molar-refractivity contribution < 1.29 is 4.74 Å². The molecular weight excluding hydrogens is 320 g/mol. The predicted octanol–water partition coefficient (Wildman–Crippen LogP) is 2.57. The van der Waals surface area contributed by atoms with Gasteiger partial charge in [-0.15, -0.1) is 0 Å². The van der Waals surface area contributed by atoms with Crippen molar-refractivity contribution in [3.05, 3.63) is 52.1 Å². The fourth-order valence-electron chi connectivity index (χ4n) is 2.25. The molecule has 0 unspecified atom stereocenters. The zero-order chi connectivity index (χ0) is 14.1. The van der Waals surface area contributed by atoms with Crippen LogP contribution in [-0.2, 0) is 24.8 Å². The fraction of sp³-hybridized carbons (Fsp3) is 0.286. The molecule has 0 bridgehead atoms. The van der Waals surface area contributed by atoms with Crippen molar-refractivity contribution in [2.75, 3.05) is 7.11 Å². The van der Waals surface area contributed by atoms with Crippen LogP contribution in [0.15, 0.2) is 35.3 Å². The van der Waals surface area contributed by atoms with Crippen LogP contribution in [0.2, 0.25) is 0 Å². The Kier molecular flexibility index (Phi) is 3.58. The van der Waals surface area contributed by atoms with Crippen LogP contribution < -0.4 is 0 Å². The summed E-state index contributed by atoms with van der Waals surface area (Å²) < 4.78 is 9.85. The Morgan fingerprint density at radius 3 is 2.80 bits per heavy atom. The third kappa shape index (κ3) is 2.62. The Balaban J connectivity index is 1.90. The van der Waals surface area contributed by atoms with Crippen LogP contribution in [0.3, 0.4) is 0 Å². The van der Waals surface area contributed by atoms with E-state index in [0.717, 1.165) is 33.5 Å². The molecule has 0 amide bonds. The molecule has 3 aromatic rings. The number of aryl methyl sites for hydroxylation is 1. The summed E-state index contributed by atoms with van der Waals surface area (Å²) in [5, 5.41) is 4.28. The molecule has 20 heavy (non-hydrogen) atoms. The second kappa shape index (κ2) is 5.38. The van der Waals surface area contributed by atoms with E-state index in [4.69, 9.17) is 4.74 Å². The van der Waals surface area contributed by atoms with Gasteiger partial charge in [0.25, 0.3) is 0 Å². The standard InChI is InChI=1S/C14H15BrN4O/c1-18-7-11(14(15)17-18)5-12-8-19-6-10(9-20-2)3-4-13(19)16-12/h3-4,6-8H,5,9H2,1-2H3. The highest BCUT2D eigenvalue weighted by Gasteiger charge is 2.09. The number of aromatic nitrogens is 4. The Morgan fingerprint density at radius 2 is 2.10 bits per heavy atom. The highest BCUT2D eigenvalue weighted by atomic mass is 79.9. The van der Waals surface area contributed by atoms with Crippen LogP contribution in [0.25, 0.3) is 5.65 Å². The van der Waals surface area contributed by atoms with Gasteiger partial charge in [-0.05, 0) is 27.6 Å². The van der Waals surface area contributed by atoms with E-state index in [1.807, 2.05) is 42.2 Å². The molecule has 0 aliphatic heterocycles. The lowest BCUT2D eigenvalue weighted by molar-refractivity contribution is 0.184. The van der Waals surface area contributed by atoms with E-state index in [-0.39, 0.29) is 0 Å². The Labute approximate surface area is 125 Å². The Bertz CT molecular complexity index is 747. The van der Waals surface area contributed by atoms with Crippen molar-refractivity contribution in [1.82, 2.24) is 19.2 Å². The van der Waals surface area contributed by atoms with E-state index in [2.05, 4.69) is 26.0 Å². The summed E-state index contributed by atoms with van der Waals surface area (Å²) in [5.74, 6) is 0. The summed E-state index contributed by atoms with van der Waals surface area (Å²) in [6, 6.07) is 4.05. The molecule has 0 atom stereocenters. The minimum Gasteiger partial charge on any atom is -0.380 e. The summed E-state index contributed by atoms with van der Waals surface area (Å²) in [5.41, 5.74) is 4.23. The van der Waals surface area contributed by atoms with Gasteiger partial charge in [-0.3, -0.25) is 4.68 Å². The zero-order valence-electron chi connectivity index (χ0n) is 11.4. The van der Waals surface area contributed by atoms with Crippen molar-refractivity contribution in [2.45, 2.75) is 13.0 Å². The van der Waals surface area contributed by atoms with Gasteiger partial charge >= 0.3 is 0 Å². The third-order valence-corrected chi connectivity index (χ3v) is 3.77. The van der Waals surface area contributed by atoms with Crippen molar-refractivity contribution in [1.29, 1.82) is 0 Å². The number of fused-ring (bicyclic) bond motifs is 1. The minimum atomic E-state index is 0.609. The summed E-state index contributed by atoms with van der Waals surface area (Å²) in [7, 11) is 3.61. The smallest absolute Gasteiger partial charge is 0.137 e. The molecule has 104 valence electrons. The highest BCUT2D eigenvalue weighted by molar-refractivity contribution is 9.10. The number of hydrogen-bond acceptors (Lipinski definition) is 3. The first-order chi connectivity index (χ1) is 9.65. The molecule has 0 aliphatic rings. The molecule has 6 heteroatoms. The average molecular weight is 335 g/mol. The lowest BCUT2D eigenvalue weighted by Crippen LogP contribution is -1.90. The number of imidazole rings is 1. The average Bonchev–Trinajstić information content (AvgIpc) is 2.93. The van der Waals surface area contributed by atoms with Gasteiger partial charge in [0, 0.05) is 44.7 Å². The van der Waals surface area contributed by atoms with Gasteiger partial charge in [-0.2, -0.15) is 5.10 Å².